The number of rotatable bonds is 44. The van der Waals surface area contributed by atoms with E-state index in [0.717, 1.165) is 82.4 Å². The molecule has 0 radical (unpaired) electrons. The third-order valence-electron chi connectivity index (χ3n) is 9.93. The second-order valence-corrected chi connectivity index (χ2v) is 18.8. The number of carbonyl (C=O) groups excluding carboxylic acids is 2. The van der Waals surface area contributed by atoms with E-state index < -0.39 is 81.1 Å². The lowest BCUT2D eigenvalue weighted by Gasteiger charge is -2.23. The van der Waals surface area contributed by atoms with Gasteiger partial charge in [-0.05, 0) is 70.6 Å². The average Bonchev–Trinajstić information content (AvgIpc) is 3.28. The van der Waals surface area contributed by atoms with Crippen molar-refractivity contribution in [2.75, 3.05) is 25.6 Å². The molecule has 17 heteroatoms. The molecule has 0 aromatic heterocycles. The molecule has 0 heterocycles. The molecular formula is C49H83N2O13PS. The van der Waals surface area contributed by atoms with Gasteiger partial charge in [0, 0.05) is 23.8 Å². The third kappa shape index (κ3) is 39.8. The van der Waals surface area contributed by atoms with E-state index in [0.29, 0.717) is 6.42 Å². The van der Waals surface area contributed by atoms with Crippen LogP contribution in [0.4, 0.5) is 0 Å². The molecule has 0 saturated heterocycles. The summed E-state index contributed by atoms with van der Waals surface area (Å²) < 4.78 is 32.9. The van der Waals surface area contributed by atoms with Crippen LogP contribution in [0.15, 0.2) is 72.9 Å². The van der Waals surface area contributed by atoms with Gasteiger partial charge in [0.25, 0.3) is 0 Å². The highest BCUT2D eigenvalue weighted by Gasteiger charge is 2.30. The van der Waals surface area contributed by atoms with Gasteiger partial charge in [-0.1, -0.05) is 145 Å². The van der Waals surface area contributed by atoms with Crippen LogP contribution in [0.5, 0.6) is 0 Å². The Balaban J connectivity index is 5.22. The lowest BCUT2D eigenvalue weighted by Crippen LogP contribution is -2.40. The maximum absolute atomic E-state index is 13.2. The molecule has 0 amide bonds. The van der Waals surface area contributed by atoms with E-state index in [-0.39, 0.29) is 31.4 Å². The van der Waals surface area contributed by atoms with Gasteiger partial charge in [0.15, 0.2) is 6.10 Å². The van der Waals surface area contributed by atoms with E-state index in [1.54, 1.807) is 18.2 Å². The monoisotopic (exact) mass is 971 g/mol. The largest absolute Gasteiger partial charge is 0.481 e. The molecule has 0 aliphatic heterocycles. The fraction of sp³-hybridized carbons (Fsp3) is 0.673. The van der Waals surface area contributed by atoms with Gasteiger partial charge in [-0.25, -0.2) is 4.57 Å². The number of nitrogens with two attached hydrogens (primary N) is 2. The highest BCUT2D eigenvalue weighted by molar-refractivity contribution is 8.00. The normalized spacial score (nSPS) is 15.5. The van der Waals surface area contributed by atoms with Crippen molar-refractivity contribution in [3.63, 3.8) is 0 Å². The molecular weight excluding hydrogens is 888 g/mol. The van der Waals surface area contributed by atoms with Gasteiger partial charge in [-0.2, -0.15) is 0 Å². The molecule has 0 aliphatic carbocycles. The van der Waals surface area contributed by atoms with E-state index in [9.17, 15) is 33.7 Å². The first-order valence-electron chi connectivity index (χ1n) is 23.9. The SMILES string of the molecule is CCCCC/C=C\C\C=C/C=C/C=C/[C@@H](SC[C@H](N)C(=O)O[C@H](COC(=O)CCCCCCCCC/C=C\C/C=C\CCCCC)COP(=O)(O)OC[C@H](N)C(=O)O)[C@@H](O)CCCC(=O)O. The quantitative estimate of drug-likeness (QED) is 0.0109. The smallest absolute Gasteiger partial charge is 0.472 e. The number of carbonyl (C=O) groups is 4. The van der Waals surface area contributed by atoms with Gasteiger partial charge in [-0.3, -0.25) is 28.2 Å². The summed E-state index contributed by atoms with van der Waals surface area (Å²) in [7, 11) is -4.89. The Morgan fingerprint density at radius 2 is 1.18 bits per heavy atom. The average molecular weight is 971 g/mol. The van der Waals surface area contributed by atoms with Crippen molar-refractivity contribution in [3.8, 4) is 0 Å². The number of esters is 2. The van der Waals surface area contributed by atoms with Crippen molar-refractivity contribution in [1.82, 2.24) is 0 Å². The Morgan fingerprint density at radius 1 is 0.636 bits per heavy atom. The highest BCUT2D eigenvalue weighted by Crippen LogP contribution is 2.43. The molecule has 0 aromatic carbocycles. The van der Waals surface area contributed by atoms with Crippen molar-refractivity contribution >= 4 is 43.5 Å². The number of ether oxygens (including phenoxy) is 2. The van der Waals surface area contributed by atoms with E-state index in [1.807, 2.05) is 18.2 Å². The number of unbranched alkanes of at least 4 members (excludes halogenated alkanes) is 13. The molecule has 0 fully saturated rings. The van der Waals surface area contributed by atoms with E-state index >= 15 is 0 Å². The number of phosphoric acid groups is 1. The van der Waals surface area contributed by atoms with Gasteiger partial charge >= 0.3 is 31.7 Å². The maximum Gasteiger partial charge on any atom is 0.472 e. The van der Waals surface area contributed by atoms with Crippen LogP contribution in [-0.2, 0) is 42.3 Å². The molecule has 0 aliphatic rings. The minimum absolute atomic E-state index is 0.0474. The summed E-state index contributed by atoms with van der Waals surface area (Å²) in [6.07, 6.45) is 41.6. The van der Waals surface area contributed by atoms with Crippen LogP contribution in [0.25, 0.3) is 0 Å². The van der Waals surface area contributed by atoms with Crippen LogP contribution in [0.1, 0.15) is 155 Å². The van der Waals surface area contributed by atoms with Crippen molar-refractivity contribution < 1.29 is 62.5 Å². The molecule has 1 unspecified atom stereocenters. The predicted octanol–water partition coefficient (Wildman–Crippen LogP) is 9.82. The Bertz CT molecular complexity index is 1520. The second-order valence-electron chi connectivity index (χ2n) is 16.1. The first-order chi connectivity index (χ1) is 31.7. The van der Waals surface area contributed by atoms with Crippen LogP contribution >= 0.6 is 19.6 Å². The van der Waals surface area contributed by atoms with E-state index in [4.69, 9.17) is 35.7 Å². The van der Waals surface area contributed by atoms with Gasteiger partial charge in [0.2, 0.25) is 0 Å². The molecule has 0 rings (SSSR count). The number of aliphatic carboxylic acids is 2. The number of hydrogen-bond acceptors (Lipinski definition) is 13. The van der Waals surface area contributed by atoms with Gasteiger partial charge < -0.3 is 41.2 Å². The number of carboxylic acid groups (broad SMARTS) is 2. The zero-order valence-corrected chi connectivity index (χ0v) is 41.4. The second kappa shape index (κ2) is 43.0. The first kappa shape index (κ1) is 62.7. The number of aliphatic hydroxyl groups is 1. The Morgan fingerprint density at radius 3 is 1.77 bits per heavy atom. The molecule has 0 spiro atoms. The van der Waals surface area contributed by atoms with Crippen molar-refractivity contribution in [3.05, 3.63) is 72.9 Å². The number of carboxylic acids is 2. The summed E-state index contributed by atoms with van der Waals surface area (Å²) >= 11 is 1.15. The number of hydrogen-bond donors (Lipinski definition) is 6. The zero-order chi connectivity index (χ0) is 49.1. The number of phosphoric ester groups is 1. The van der Waals surface area contributed by atoms with Crippen LogP contribution in [-0.4, -0.2) is 99.2 Å². The maximum atomic E-state index is 13.2. The molecule has 0 bridgehead atoms. The van der Waals surface area contributed by atoms with Crippen molar-refractivity contribution in [2.24, 2.45) is 11.5 Å². The number of thioether (sulfide) groups is 1. The summed E-state index contributed by atoms with van der Waals surface area (Å²) in [4.78, 5) is 58.0. The molecule has 8 N–H and O–H groups in total. The fourth-order valence-corrected chi connectivity index (χ4v) is 7.89. The summed E-state index contributed by atoms with van der Waals surface area (Å²) in [5.41, 5.74) is 11.5. The van der Waals surface area contributed by atoms with Gasteiger partial charge in [0.1, 0.15) is 18.7 Å². The summed E-state index contributed by atoms with van der Waals surface area (Å²) in [5, 5.41) is 28.4. The number of allylic oxidation sites excluding steroid dienone is 11. The molecule has 0 aromatic rings. The molecule has 15 nitrogen and oxygen atoms in total. The third-order valence-corrected chi connectivity index (χ3v) is 12.3. The number of aliphatic hydroxyl groups excluding tert-OH is 1. The van der Waals surface area contributed by atoms with Crippen LogP contribution in [0, 0.1) is 0 Å². The predicted molar refractivity (Wildman–Crippen MR) is 264 cm³/mol. The minimum Gasteiger partial charge on any atom is -0.481 e. The zero-order valence-electron chi connectivity index (χ0n) is 39.7. The van der Waals surface area contributed by atoms with Gasteiger partial charge in [-0.15, -0.1) is 11.8 Å². The Kier molecular flexibility index (Phi) is 40.8. The topological polar surface area (TPSA) is 255 Å². The Labute approximate surface area is 399 Å². The molecule has 66 heavy (non-hydrogen) atoms. The molecule has 6 atom stereocenters. The Hall–Kier alpha value is -3.34. The van der Waals surface area contributed by atoms with Crippen molar-refractivity contribution in [1.29, 1.82) is 0 Å². The van der Waals surface area contributed by atoms with Crippen LogP contribution < -0.4 is 11.5 Å². The highest BCUT2D eigenvalue weighted by atomic mass is 32.2. The van der Waals surface area contributed by atoms with Crippen LogP contribution in [0.3, 0.4) is 0 Å². The summed E-state index contributed by atoms with van der Waals surface area (Å²) in [6, 6.07) is -2.87. The first-order valence-corrected chi connectivity index (χ1v) is 26.4. The summed E-state index contributed by atoms with van der Waals surface area (Å²) in [6.45, 7) is 2.23. The van der Waals surface area contributed by atoms with Crippen molar-refractivity contribution in [2.45, 2.75) is 185 Å². The lowest BCUT2D eigenvalue weighted by molar-refractivity contribution is -0.161. The molecule has 0 saturated carbocycles. The molecule has 378 valence electrons. The minimum atomic E-state index is -4.89. The van der Waals surface area contributed by atoms with Gasteiger partial charge in [0.05, 0.1) is 19.3 Å². The standard InChI is InChI=1S/C49H83N2O13PS/c1-3-5-7-9-11-13-15-17-18-19-20-21-23-25-27-29-31-36-47(55)61-37-41(38-62-65(59,60)63-39-42(50)48(56)57)64-49(58)43(51)40-66-45(44(52)33-32-35-46(53)54)34-30-28-26-24-22-16-14-12-10-8-6-4-2/h11-14,17-18,22,24,26,28,30,34,41-45,52H,3-10,15-16,19-21,23,25,27,29,31-33,35-40,50-51H2,1-2H3,(H,53,54)(H,56,57)(H,59,60)/b13-11-,14-12-,18-17-,24-22-,28-26+,34-30+/t41-,42+,43+,44+,45-/m1/s1. The summed E-state index contributed by atoms with van der Waals surface area (Å²) in [5.74, 6) is -4.03. The lowest BCUT2D eigenvalue weighted by atomic mass is 10.1. The fourth-order valence-electron chi connectivity index (χ4n) is 5.99. The van der Waals surface area contributed by atoms with E-state index in [1.165, 1.54) is 38.5 Å². The van der Waals surface area contributed by atoms with E-state index in [2.05, 4.69) is 54.8 Å². The van der Waals surface area contributed by atoms with Crippen LogP contribution in [0.2, 0.25) is 0 Å².